The van der Waals surface area contributed by atoms with Crippen molar-refractivity contribution in [3.63, 3.8) is 0 Å². The lowest BCUT2D eigenvalue weighted by atomic mass is 9.97. The van der Waals surface area contributed by atoms with E-state index < -0.39 is 10.0 Å². The normalized spacial score (nSPS) is 18.6. The monoisotopic (exact) mass is 361 g/mol. The Kier molecular flexibility index (Phi) is 5.17. The fraction of sp³-hybridized carbons (Fsp3) is 0.615. The molecule has 0 N–H and O–H groups in total. The minimum atomic E-state index is -3.45. The van der Waals surface area contributed by atoms with E-state index in [0.717, 1.165) is 25.9 Å². The van der Waals surface area contributed by atoms with Crippen LogP contribution in [0.2, 0.25) is 0 Å². The molecule has 5 nitrogen and oxygen atoms in total. The number of sulfonamides is 1. The third-order valence-electron chi connectivity index (χ3n) is 3.74. The highest BCUT2D eigenvalue weighted by Gasteiger charge is 2.26. The van der Waals surface area contributed by atoms with Crippen molar-refractivity contribution >= 4 is 26.0 Å². The van der Waals surface area contributed by atoms with Gasteiger partial charge in [-0.3, -0.25) is 4.98 Å². The van der Waals surface area contributed by atoms with E-state index in [-0.39, 0.29) is 4.90 Å². The molecule has 1 fully saturated rings. The van der Waals surface area contributed by atoms with E-state index in [1.165, 1.54) is 10.5 Å². The first-order chi connectivity index (χ1) is 9.39. The van der Waals surface area contributed by atoms with Crippen molar-refractivity contribution in [3.8, 4) is 0 Å². The highest BCUT2D eigenvalue weighted by atomic mass is 79.9. The van der Waals surface area contributed by atoms with Gasteiger partial charge in [-0.1, -0.05) is 0 Å². The Morgan fingerprint density at radius 3 is 2.65 bits per heavy atom. The number of rotatable bonds is 4. The van der Waals surface area contributed by atoms with Crippen LogP contribution in [0.15, 0.2) is 27.8 Å². The zero-order valence-electron chi connectivity index (χ0n) is 11.8. The van der Waals surface area contributed by atoms with Crippen LogP contribution in [0.4, 0.5) is 0 Å². The van der Waals surface area contributed by atoms with Gasteiger partial charge in [-0.2, -0.15) is 0 Å². The molecule has 20 heavy (non-hydrogen) atoms. The minimum Gasteiger partial charge on any atom is -0.306 e. The van der Waals surface area contributed by atoms with E-state index in [9.17, 15) is 8.42 Å². The van der Waals surface area contributed by atoms with Gasteiger partial charge in [0.1, 0.15) is 4.90 Å². The number of nitrogens with zero attached hydrogens (tertiary/aromatic N) is 3. The van der Waals surface area contributed by atoms with E-state index in [1.54, 1.807) is 19.3 Å². The average molecular weight is 362 g/mol. The van der Waals surface area contributed by atoms with Gasteiger partial charge >= 0.3 is 0 Å². The van der Waals surface area contributed by atoms with Gasteiger partial charge in [0.2, 0.25) is 10.0 Å². The van der Waals surface area contributed by atoms with E-state index in [2.05, 4.69) is 32.9 Å². The maximum Gasteiger partial charge on any atom is 0.244 e. The molecule has 1 aromatic rings. The van der Waals surface area contributed by atoms with Crippen LogP contribution in [0.25, 0.3) is 0 Å². The van der Waals surface area contributed by atoms with Gasteiger partial charge in [-0.15, -0.1) is 0 Å². The van der Waals surface area contributed by atoms with E-state index in [0.29, 0.717) is 16.9 Å². The first-order valence-corrected chi connectivity index (χ1v) is 8.88. The van der Waals surface area contributed by atoms with E-state index in [1.807, 2.05) is 0 Å². The number of halogens is 1. The first kappa shape index (κ1) is 15.9. The molecule has 112 valence electrons. The minimum absolute atomic E-state index is 0.238. The summed E-state index contributed by atoms with van der Waals surface area (Å²) in [5.74, 6) is 0.436. The van der Waals surface area contributed by atoms with Gasteiger partial charge < -0.3 is 4.90 Å². The summed E-state index contributed by atoms with van der Waals surface area (Å²) in [5, 5.41) is 0. The second kappa shape index (κ2) is 6.51. The summed E-state index contributed by atoms with van der Waals surface area (Å²) in [6.45, 7) is 2.65. The number of hydrogen-bond acceptors (Lipinski definition) is 4. The fourth-order valence-corrected chi connectivity index (χ4v) is 4.17. The molecule has 0 bridgehead atoms. The lowest BCUT2D eigenvalue weighted by Gasteiger charge is -2.31. The third-order valence-corrected chi connectivity index (χ3v) is 5.96. The number of piperidine rings is 1. The first-order valence-electron chi connectivity index (χ1n) is 6.65. The molecule has 0 spiro atoms. The van der Waals surface area contributed by atoms with Crippen LogP contribution in [0.3, 0.4) is 0 Å². The van der Waals surface area contributed by atoms with Gasteiger partial charge in [0.25, 0.3) is 0 Å². The molecule has 0 radical (unpaired) electrons. The van der Waals surface area contributed by atoms with Crippen molar-refractivity contribution in [3.05, 3.63) is 22.9 Å². The van der Waals surface area contributed by atoms with E-state index >= 15 is 0 Å². The van der Waals surface area contributed by atoms with Gasteiger partial charge in [0.05, 0.1) is 0 Å². The zero-order chi connectivity index (χ0) is 14.8. The molecule has 2 rings (SSSR count). The van der Waals surface area contributed by atoms with Crippen LogP contribution in [0.1, 0.15) is 12.8 Å². The summed E-state index contributed by atoms with van der Waals surface area (Å²) in [6, 6.07) is 1.59. The molecule has 7 heteroatoms. The molecule has 2 heterocycles. The second-order valence-electron chi connectivity index (χ2n) is 5.37. The number of hydrogen-bond donors (Lipinski definition) is 0. The van der Waals surface area contributed by atoms with Crippen LogP contribution < -0.4 is 0 Å². The van der Waals surface area contributed by atoms with Crippen molar-refractivity contribution in [2.45, 2.75) is 17.7 Å². The molecule has 0 saturated carbocycles. The SMILES string of the molecule is CN1CCC(CN(C)S(=O)(=O)c2cncc(Br)c2)CC1. The average Bonchev–Trinajstić information content (AvgIpc) is 2.41. The second-order valence-corrected chi connectivity index (χ2v) is 8.33. The molecular weight excluding hydrogens is 342 g/mol. The maximum absolute atomic E-state index is 12.5. The Morgan fingerprint density at radius 2 is 2.05 bits per heavy atom. The van der Waals surface area contributed by atoms with Gasteiger partial charge in [0, 0.05) is 30.5 Å². The molecule has 0 amide bonds. The zero-order valence-corrected chi connectivity index (χ0v) is 14.2. The summed E-state index contributed by atoms with van der Waals surface area (Å²) < 4.78 is 27.1. The topological polar surface area (TPSA) is 53.5 Å². The Bertz CT molecular complexity index is 556. The van der Waals surface area contributed by atoms with Crippen molar-refractivity contribution in [1.29, 1.82) is 0 Å². The molecule has 1 aliphatic rings. The van der Waals surface area contributed by atoms with Crippen molar-refractivity contribution < 1.29 is 8.42 Å². The molecule has 0 unspecified atom stereocenters. The quantitative estimate of drug-likeness (QED) is 0.820. The fourth-order valence-electron chi connectivity index (χ4n) is 2.42. The summed E-state index contributed by atoms with van der Waals surface area (Å²) in [6.07, 6.45) is 5.07. The predicted octanol–water partition coefficient (Wildman–Crippen LogP) is 1.81. The molecule has 1 aliphatic heterocycles. The van der Waals surface area contributed by atoms with Crippen molar-refractivity contribution in [2.75, 3.05) is 33.7 Å². The highest BCUT2D eigenvalue weighted by Crippen LogP contribution is 2.22. The smallest absolute Gasteiger partial charge is 0.244 e. The Hall–Kier alpha value is -0.500. The Labute approximate surface area is 129 Å². The lowest BCUT2D eigenvalue weighted by Crippen LogP contribution is -2.37. The maximum atomic E-state index is 12.5. The molecular formula is C13H20BrN3O2S. The number of likely N-dealkylation sites (tertiary alicyclic amines) is 1. The van der Waals surface area contributed by atoms with Crippen LogP contribution in [0, 0.1) is 5.92 Å². The van der Waals surface area contributed by atoms with Crippen LogP contribution >= 0.6 is 15.9 Å². The Balaban J connectivity index is 2.06. The molecule has 0 atom stereocenters. The Morgan fingerprint density at radius 1 is 1.40 bits per heavy atom. The predicted molar refractivity (Wildman–Crippen MR) is 82.0 cm³/mol. The molecule has 1 saturated heterocycles. The van der Waals surface area contributed by atoms with Gasteiger partial charge in [-0.05, 0) is 60.9 Å². The lowest BCUT2D eigenvalue weighted by molar-refractivity contribution is 0.202. The van der Waals surface area contributed by atoms with Crippen molar-refractivity contribution in [1.82, 2.24) is 14.2 Å². The third kappa shape index (κ3) is 3.78. The van der Waals surface area contributed by atoms with Crippen LogP contribution in [-0.2, 0) is 10.0 Å². The number of aromatic nitrogens is 1. The largest absolute Gasteiger partial charge is 0.306 e. The summed E-state index contributed by atoms with van der Waals surface area (Å²) >= 11 is 3.26. The van der Waals surface area contributed by atoms with Gasteiger partial charge in [-0.25, -0.2) is 12.7 Å². The van der Waals surface area contributed by atoms with Gasteiger partial charge in [0.15, 0.2) is 0 Å². The standard InChI is InChI=1S/C13H20BrN3O2S/c1-16-5-3-11(4-6-16)10-17(2)20(18,19)13-7-12(14)8-15-9-13/h7-9,11H,3-6,10H2,1-2H3. The molecule has 1 aromatic heterocycles. The van der Waals surface area contributed by atoms with Crippen molar-refractivity contribution in [2.24, 2.45) is 5.92 Å². The summed E-state index contributed by atoms with van der Waals surface area (Å²) in [7, 11) is 0.301. The molecule has 0 aliphatic carbocycles. The summed E-state index contributed by atoms with van der Waals surface area (Å²) in [4.78, 5) is 6.45. The van der Waals surface area contributed by atoms with Crippen LogP contribution in [-0.4, -0.2) is 56.3 Å². The number of pyridine rings is 1. The van der Waals surface area contributed by atoms with E-state index in [4.69, 9.17) is 0 Å². The molecule has 0 aromatic carbocycles. The van der Waals surface area contributed by atoms with Crippen LogP contribution in [0.5, 0.6) is 0 Å². The summed E-state index contributed by atoms with van der Waals surface area (Å²) in [5.41, 5.74) is 0. The highest BCUT2D eigenvalue weighted by molar-refractivity contribution is 9.10.